The number of ketones is 1. The molecule has 16 heavy (non-hydrogen) atoms. The number of carboxylic acid groups (broad SMARTS) is 1. The van der Waals surface area contributed by atoms with Gasteiger partial charge in [-0.05, 0) is 32.2 Å². The fraction of sp³-hybridized carbons (Fsp3) is 0.833. The van der Waals surface area contributed by atoms with E-state index in [1.165, 1.54) is 0 Å². The van der Waals surface area contributed by atoms with Crippen molar-refractivity contribution in [1.29, 1.82) is 0 Å². The summed E-state index contributed by atoms with van der Waals surface area (Å²) in [6.45, 7) is 0.698. The van der Waals surface area contributed by atoms with Gasteiger partial charge >= 0.3 is 5.97 Å². The third-order valence-electron chi connectivity index (χ3n) is 2.51. The van der Waals surface area contributed by atoms with Crippen LogP contribution in [-0.2, 0) is 9.59 Å². The molecule has 0 fully saturated rings. The summed E-state index contributed by atoms with van der Waals surface area (Å²) in [5.74, 6) is -0.458. The van der Waals surface area contributed by atoms with E-state index >= 15 is 0 Å². The number of hydrogen-bond acceptors (Lipinski definition) is 3. The summed E-state index contributed by atoms with van der Waals surface area (Å²) in [4.78, 5) is 21.6. The Morgan fingerprint density at radius 1 is 0.812 bits per heavy atom. The summed E-state index contributed by atoms with van der Waals surface area (Å²) >= 11 is 0. The zero-order chi connectivity index (χ0) is 12.2. The van der Waals surface area contributed by atoms with E-state index in [9.17, 15) is 9.59 Å². The minimum absolute atomic E-state index is 0.213. The molecule has 0 aliphatic rings. The topological polar surface area (TPSA) is 80.4 Å². The van der Waals surface area contributed by atoms with Crippen LogP contribution in [0, 0.1) is 0 Å². The van der Waals surface area contributed by atoms with Crippen LogP contribution in [0.5, 0.6) is 0 Å². The highest BCUT2D eigenvalue weighted by Gasteiger charge is 2.02. The molecular weight excluding hydrogens is 206 g/mol. The second kappa shape index (κ2) is 10.6. The maximum absolute atomic E-state index is 11.4. The van der Waals surface area contributed by atoms with Gasteiger partial charge in [0.2, 0.25) is 0 Å². The Bertz CT molecular complexity index is 204. The van der Waals surface area contributed by atoms with Crippen molar-refractivity contribution < 1.29 is 14.7 Å². The molecule has 0 unspecified atom stereocenters. The first-order valence-electron chi connectivity index (χ1n) is 6.10. The van der Waals surface area contributed by atoms with Gasteiger partial charge < -0.3 is 10.8 Å². The highest BCUT2D eigenvalue weighted by molar-refractivity contribution is 5.78. The van der Waals surface area contributed by atoms with Gasteiger partial charge in [0, 0.05) is 19.3 Å². The first kappa shape index (κ1) is 15.1. The number of carbonyl (C=O) groups excluding carboxylic acids is 1. The molecule has 0 aliphatic carbocycles. The predicted molar refractivity (Wildman–Crippen MR) is 63.3 cm³/mol. The Labute approximate surface area is 97.2 Å². The van der Waals surface area contributed by atoms with Crippen molar-refractivity contribution in [2.45, 2.75) is 57.8 Å². The zero-order valence-corrected chi connectivity index (χ0v) is 9.91. The first-order chi connectivity index (χ1) is 7.66. The molecule has 0 aromatic carbocycles. The van der Waals surface area contributed by atoms with Crippen molar-refractivity contribution in [2.24, 2.45) is 5.73 Å². The van der Waals surface area contributed by atoms with Crippen molar-refractivity contribution in [3.63, 3.8) is 0 Å². The van der Waals surface area contributed by atoms with Crippen LogP contribution in [-0.4, -0.2) is 23.4 Å². The van der Waals surface area contributed by atoms with Gasteiger partial charge in [-0.1, -0.05) is 12.8 Å². The average Bonchev–Trinajstić information content (AvgIpc) is 2.23. The maximum atomic E-state index is 11.4. The molecule has 0 aliphatic heterocycles. The second-order valence-electron chi connectivity index (χ2n) is 4.09. The monoisotopic (exact) mass is 229 g/mol. The highest BCUT2D eigenvalue weighted by Crippen LogP contribution is 2.07. The van der Waals surface area contributed by atoms with E-state index in [0.717, 1.165) is 32.1 Å². The van der Waals surface area contributed by atoms with Crippen molar-refractivity contribution in [3.05, 3.63) is 0 Å². The molecule has 4 nitrogen and oxygen atoms in total. The molecule has 0 amide bonds. The number of carboxylic acids is 1. The van der Waals surface area contributed by atoms with E-state index in [1.54, 1.807) is 0 Å². The largest absolute Gasteiger partial charge is 0.481 e. The van der Waals surface area contributed by atoms with Crippen LogP contribution >= 0.6 is 0 Å². The molecule has 0 aromatic rings. The molecular formula is C12H23NO3. The normalized spacial score (nSPS) is 10.3. The van der Waals surface area contributed by atoms with Crippen molar-refractivity contribution in [3.8, 4) is 0 Å². The molecule has 4 heteroatoms. The Hall–Kier alpha value is -0.900. The van der Waals surface area contributed by atoms with Crippen LogP contribution in [0.2, 0.25) is 0 Å². The number of aliphatic carboxylic acids is 1. The number of nitrogens with two attached hydrogens (primary N) is 1. The lowest BCUT2D eigenvalue weighted by Gasteiger charge is -2.00. The van der Waals surface area contributed by atoms with Crippen LogP contribution in [0.15, 0.2) is 0 Å². The molecule has 94 valence electrons. The van der Waals surface area contributed by atoms with E-state index < -0.39 is 5.97 Å². The van der Waals surface area contributed by atoms with E-state index in [0.29, 0.717) is 31.6 Å². The van der Waals surface area contributed by atoms with Crippen LogP contribution in [0.1, 0.15) is 57.8 Å². The smallest absolute Gasteiger partial charge is 0.303 e. The van der Waals surface area contributed by atoms with Gasteiger partial charge in [0.25, 0.3) is 0 Å². The Morgan fingerprint density at radius 3 is 1.81 bits per heavy atom. The highest BCUT2D eigenvalue weighted by atomic mass is 16.4. The van der Waals surface area contributed by atoms with Crippen LogP contribution in [0.3, 0.4) is 0 Å². The van der Waals surface area contributed by atoms with Gasteiger partial charge in [0.1, 0.15) is 5.78 Å². The minimum atomic E-state index is -0.756. The Balaban J connectivity index is 3.20. The fourth-order valence-electron chi connectivity index (χ4n) is 1.54. The van der Waals surface area contributed by atoms with E-state index in [4.69, 9.17) is 10.8 Å². The molecule has 0 atom stereocenters. The summed E-state index contributed by atoms with van der Waals surface area (Å²) in [6.07, 6.45) is 6.75. The lowest BCUT2D eigenvalue weighted by atomic mass is 10.1. The molecule has 3 N–H and O–H groups in total. The van der Waals surface area contributed by atoms with Crippen LogP contribution < -0.4 is 5.73 Å². The van der Waals surface area contributed by atoms with Gasteiger partial charge in [-0.25, -0.2) is 0 Å². The number of Topliss-reactive ketones (excluding diaryl/α,β-unsaturated/α-hetero) is 1. The molecule has 0 aromatic heterocycles. The van der Waals surface area contributed by atoms with Gasteiger partial charge in [-0.2, -0.15) is 0 Å². The predicted octanol–water partition coefficient (Wildman–Crippen LogP) is 2.11. The van der Waals surface area contributed by atoms with E-state index in [1.807, 2.05) is 0 Å². The summed E-state index contributed by atoms with van der Waals surface area (Å²) < 4.78 is 0. The van der Waals surface area contributed by atoms with Gasteiger partial charge in [0.15, 0.2) is 0 Å². The lowest BCUT2D eigenvalue weighted by molar-refractivity contribution is -0.137. The maximum Gasteiger partial charge on any atom is 0.303 e. The van der Waals surface area contributed by atoms with Crippen molar-refractivity contribution in [1.82, 2.24) is 0 Å². The summed E-state index contributed by atoms with van der Waals surface area (Å²) in [6, 6.07) is 0. The zero-order valence-electron chi connectivity index (χ0n) is 9.91. The van der Waals surface area contributed by atoms with Gasteiger partial charge in [-0.3, -0.25) is 9.59 Å². The molecule has 0 heterocycles. The molecule has 0 bridgehead atoms. The Morgan fingerprint density at radius 2 is 1.31 bits per heavy atom. The SMILES string of the molecule is NCCCCCC(=O)CCCCCC(=O)O. The van der Waals surface area contributed by atoms with Gasteiger partial charge in [-0.15, -0.1) is 0 Å². The minimum Gasteiger partial charge on any atom is -0.481 e. The summed E-state index contributed by atoms with van der Waals surface area (Å²) in [5.41, 5.74) is 5.35. The number of unbranched alkanes of at least 4 members (excludes halogenated alkanes) is 4. The molecule has 0 saturated heterocycles. The second-order valence-corrected chi connectivity index (χ2v) is 4.09. The number of rotatable bonds is 11. The van der Waals surface area contributed by atoms with Gasteiger partial charge in [0.05, 0.1) is 0 Å². The third kappa shape index (κ3) is 11.2. The third-order valence-corrected chi connectivity index (χ3v) is 2.51. The quantitative estimate of drug-likeness (QED) is 0.532. The summed E-state index contributed by atoms with van der Waals surface area (Å²) in [5, 5.41) is 8.41. The fourth-order valence-corrected chi connectivity index (χ4v) is 1.54. The average molecular weight is 229 g/mol. The van der Waals surface area contributed by atoms with E-state index in [2.05, 4.69) is 0 Å². The first-order valence-corrected chi connectivity index (χ1v) is 6.10. The molecule has 0 saturated carbocycles. The molecule has 0 radical (unpaired) electrons. The number of hydrogen-bond donors (Lipinski definition) is 2. The molecule has 0 spiro atoms. The van der Waals surface area contributed by atoms with Crippen LogP contribution in [0.25, 0.3) is 0 Å². The Kier molecular flexibility index (Phi) is 10.0. The summed E-state index contributed by atoms with van der Waals surface area (Å²) in [7, 11) is 0. The standard InChI is InChI=1S/C12H23NO3/c13-10-6-2-4-8-11(14)7-3-1-5-9-12(15)16/h1-10,13H2,(H,15,16). The van der Waals surface area contributed by atoms with Crippen LogP contribution in [0.4, 0.5) is 0 Å². The van der Waals surface area contributed by atoms with Crippen molar-refractivity contribution >= 4 is 11.8 Å². The molecule has 0 rings (SSSR count). The van der Waals surface area contributed by atoms with Crippen molar-refractivity contribution in [2.75, 3.05) is 6.54 Å². The number of carbonyl (C=O) groups is 2. The van der Waals surface area contributed by atoms with E-state index in [-0.39, 0.29) is 6.42 Å². The lowest BCUT2D eigenvalue weighted by Crippen LogP contribution is -2.01.